The molecule has 1 aromatic heterocycles. The van der Waals surface area contributed by atoms with E-state index in [2.05, 4.69) is 17.6 Å². The van der Waals surface area contributed by atoms with Gasteiger partial charge < -0.3 is 5.73 Å². The highest BCUT2D eigenvalue weighted by molar-refractivity contribution is 5.09. The van der Waals surface area contributed by atoms with Crippen LogP contribution in [0.15, 0.2) is 37.2 Å². The van der Waals surface area contributed by atoms with Gasteiger partial charge in [0.1, 0.15) is 0 Å². The number of hydrogen-bond donors (Lipinski definition) is 1. The molecule has 2 nitrogen and oxygen atoms in total. The van der Waals surface area contributed by atoms with Crippen molar-refractivity contribution in [3.8, 4) is 0 Å². The molecule has 1 aromatic rings. The Hall–Kier alpha value is -1.15. The van der Waals surface area contributed by atoms with Crippen LogP contribution in [0, 0.1) is 0 Å². The van der Waals surface area contributed by atoms with Gasteiger partial charge in [-0.2, -0.15) is 0 Å². The summed E-state index contributed by atoms with van der Waals surface area (Å²) in [7, 11) is 0. The van der Waals surface area contributed by atoms with Crippen LogP contribution in [0.4, 0.5) is 0 Å². The summed E-state index contributed by atoms with van der Waals surface area (Å²) < 4.78 is 0. The van der Waals surface area contributed by atoms with Gasteiger partial charge in [0.25, 0.3) is 0 Å². The normalized spacial score (nSPS) is 12.4. The molecule has 1 heterocycles. The highest BCUT2D eigenvalue weighted by atomic mass is 14.6. The molecule has 2 heteroatoms. The van der Waals surface area contributed by atoms with E-state index in [4.69, 9.17) is 5.73 Å². The van der Waals surface area contributed by atoms with Crippen LogP contribution in [0.3, 0.4) is 0 Å². The molecule has 0 saturated carbocycles. The summed E-state index contributed by atoms with van der Waals surface area (Å²) in [5.74, 6) is 0. The van der Waals surface area contributed by atoms with Crippen molar-refractivity contribution >= 4 is 0 Å². The first kappa shape index (κ1) is 9.93. The summed E-state index contributed by atoms with van der Waals surface area (Å²) in [6, 6.07) is 4.22. The summed E-state index contributed by atoms with van der Waals surface area (Å²) in [6.07, 6.45) is 8.44. The molecule has 0 radical (unpaired) electrons. The Balaban J connectivity index is 2.36. The molecule has 1 unspecified atom stereocenters. The van der Waals surface area contributed by atoms with Crippen molar-refractivity contribution in [1.82, 2.24) is 4.98 Å². The van der Waals surface area contributed by atoms with E-state index in [0.29, 0.717) is 0 Å². The van der Waals surface area contributed by atoms with Crippen molar-refractivity contribution in [3.05, 3.63) is 42.7 Å². The summed E-state index contributed by atoms with van der Waals surface area (Å²) in [5, 5.41) is 0. The molecule has 70 valence electrons. The maximum atomic E-state index is 5.92. The fourth-order valence-corrected chi connectivity index (χ4v) is 1.26. The molecule has 0 spiro atoms. The maximum absolute atomic E-state index is 5.92. The Bertz CT molecular complexity index is 244. The second kappa shape index (κ2) is 5.49. The molecule has 13 heavy (non-hydrogen) atoms. The monoisotopic (exact) mass is 176 g/mol. The molecule has 0 aliphatic heterocycles. The third-order valence-electron chi connectivity index (χ3n) is 1.96. The molecule has 0 aliphatic carbocycles. The summed E-state index contributed by atoms with van der Waals surface area (Å²) in [6.45, 7) is 3.67. The van der Waals surface area contributed by atoms with Gasteiger partial charge in [-0.3, -0.25) is 4.98 Å². The van der Waals surface area contributed by atoms with Gasteiger partial charge in [-0.15, -0.1) is 6.58 Å². The van der Waals surface area contributed by atoms with E-state index in [9.17, 15) is 0 Å². The Morgan fingerprint density at radius 3 is 3.08 bits per heavy atom. The third-order valence-corrected chi connectivity index (χ3v) is 1.96. The van der Waals surface area contributed by atoms with Gasteiger partial charge in [-0.1, -0.05) is 12.1 Å². The minimum Gasteiger partial charge on any atom is -0.327 e. The average Bonchev–Trinajstić information content (AvgIpc) is 2.16. The topological polar surface area (TPSA) is 38.9 Å². The van der Waals surface area contributed by atoms with Gasteiger partial charge >= 0.3 is 0 Å². The Labute approximate surface area is 79.5 Å². The summed E-state index contributed by atoms with van der Waals surface area (Å²) in [5.41, 5.74) is 7.12. The molecule has 0 saturated heterocycles. The number of rotatable bonds is 5. The number of hydrogen-bond acceptors (Lipinski definition) is 2. The van der Waals surface area contributed by atoms with Crippen LogP contribution in [0.1, 0.15) is 18.4 Å². The predicted octanol–water partition coefficient (Wildman–Crippen LogP) is 1.92. The molecule has 0 bridgehead atoms. The van der Waals surface area contributed by atoms with Crippen molar-refractivity contribution < 1.29 is 0 Å². The molecular formula is C11H16N2. The van der Waals surface area contributed by atoms with Crippen LogP contribution in [0.25, 0.3) is 0 Å². The number of allylic oxidation sites excluding steroid dienone is 1. The number of aromatic nitrogens is 1. The van der Waals surface area contributed by atoms with Gasteiger partial charge in [-0.25, -0.2) is 0 Å². The Morgan fingerprint density at radius 1 is 1.62 bits per heavy atom. The third kappa shape index (κ3) is 3.85. The minimum absolute atomic E-state index is 0.224. The van der Waals surface area contributed by atoms with E-state index >= 15 is 0 Å². The number of nitrogens with zero attached hydrogens (tertiary/aromatic N) is 1. The lowest BCUT2D eigenvalue weighted by Gasteiger charge is -2.09. The van der Waals surface area contributed by atoms with E-state index in [-0.39, 0.29) is 6.04 Å². The predicted molar refractivity (Wildman–Crippen MR) is 55.3 cm³/mol. The van der Waals surface area contributed by atoms with Gasteiger partial charge in [0.2, 0.25) is 0 Å². The first-order valence-corrected chi connectivity index (χ1v) is 4.58. The summed E-state index contributed by atoms with van der Waals surface area (Å²) >= 11 is 0. The van der Waals surface area contributed by atoms with Crippen LogP contribution in [-0.2, 0) is 6.42 Å². The van der Waals surface area contributed by atoms with Gasteiger partial charge in [0.15, 0.2) is 0 Å². The van der Waals surface area contributed by atoms with Crippen LogP contribution in [0.2, 0.25) is 0 Å². The van der Waals surface area contributed by atoms with Crippen LogP contribution >= 0.6 is 0 Å². The molecule has 0 aliphatic rings. The van der Waals surface area contributed by atoms with Crippen molar-refractivity contribution in [2.24, 2.45) is 5.73 Å². The number of pyridine rings is 1. The van der Waals surface area contributed by atoms with Crippen LogP contribution < -0.4 is 5.73 Å². The molecule has 1 rings (SSSR count). The highest BCUT2D eigenvalue weighted by Gasteiger charge is 2.02. The highest BCUT2D eigenvalue weighted by Crippen LogP contribution is 2.04. The quantitative estimate of drug-likeness (QED) is 0.696. The van der Waals surface area contributed by atoms with Crippen molar-refractivity contribution in [1.29, 1.82) is 0 Å². The van der Waals surface area contributed by atoms with Gasteiger partial charge in [0.05, 0.1) is 0 Å². The van der Waals surface area contributed by atoms with Crippen LogP contribution in [-0.4, -0.2) is 11.0 Å². The van der Waals surface area contributed by atoms with E-state index in [0.717, 1.165) is 19.3 Å². The van der Waals surface area contributed by atoms with E-state index in [1.807, 2.05) is 18.3 Å². The van der Waals surface area contributed by atoms with E-state index in [1.165, 1.54) is 5.56 Å². The Morgan fingerprint density at radius 2 is 2.46 bits per heavy atom. The fraction of sp³-hybridized carbons (Fsp3) is 0.364. The molecule has 1 atom stereocenters. The van der Waals surface area contributed by atoms with Crippen molar-refractivity contribution in [2.45, 2.75) is 25.3 Å². The zero-order chi connectivity index (χ0) is 9.52. The SMILES string of the molecule is C=CCCC(N)Cc1cccnc1. The lowest BCUT2D eigenvalue weighted by atomic mass is 10.0. The fourth-order valence-electron chi connectivity index (χ4n) is 1.26. The average molecular weight is 176 g/mol. The molecule has 0 amide bonds. The zero-order valence-corrected chi connectivity index (χ0v) is 7.82. The number of nitrogens with two attached hydrogens (primary N) is 1. The van der Waals surface area contributed by atoms with Gasteiger partial charge in [0, 0.05) is 18.4 Å². The lowest BCUT2D eigenvalue weighted by molar-refractivity contribution is 0.617. The van der Waals surface area contributed by atoms with Crippen LogP contribution in [0.5, 0.6) is 0 Å². The zero-order valence-electron chi connectivity index (χ0n) is 7.82. The smallest absolute Gasteiger partial charge is 0.0300 e. The van der Waals surface area contributed by atoms with E-state index < -0.39 is 0 Å². The lowest BCUT2D eigenvalue weighted by Crippen LogP contribution is -2.22. The van der Waals surface area contributed by atoms with Crippen molar-refractivity contribution in [3.63, 3.8) is 0 Å². The standard InChI is InChI=1S/C11H16N2/c1-2-3-6-11(12)8-10-5-4-7-13-9-10/h2,4-5,7,9,11H,1,3,6,8,12H2. The second-order valence-electron chi connectivity index (χ2n) is 3.19. The maximum Gasteiger partial charge on any atom is 0.0300 e. The van der Waals surface area contributed by atoms with Crippen molar-refractivity contribution in [2.75, 3.05) is 0 Å². The summed E-state index contributed by atoms with van der Waals surface area (Å²) in [4.78, 5) is 4.04. The largest absolute Gasteiger partial charge is 0.327 e. The minimum atomic E-state index is 0.224. The van der Waals surface area contributed by atoms with Gasteiger partial charge in [-0.05, 0) is 30.9 Å². The first-order valence-electron chi connectivity index (χ1n) is 4.58. The molecule has 0 aromatic carbocycles. The second-order valence-corrected chi connectivity index (χ2v) is 3.19. The van der Waals surface area contributed by atoms with E-state index in [1.54, 1.807) is 6.20 Å². The Kier molecular flexibility index (Phi) is 4.19. The first-order chi connectivity index (χ1) is 6.33. The molecular weight excluding hydrogens is 160 g/mol. The molecule has 0 fully saturated rings. The molecule has 2 N–H and O–H groups in total.